The Balaban J connectivity index is 1.56. The molecule has 1 aliphatic heterocycles. The summed E-state index contributed by atoms with van der Waals surface area (Å²) in [6.07, 6.45) is 1.88. The van der Waals surface area contributed by atoms with Crippen molar-refractivity contribution in [1.29, 1.82) is 0 Å². The lowest BCUT2D eigenvalue weighted by molar-refractivity contribution is 0.0743. The van der Waals surface area contributed by atoms with E-state index in [-0.39, 0.29) is 38.3 Å². The van der Waals surface area contributed by atoms with Crippen molar-refractivity contribution in [2.24, 2.45) is 0 Å². The van der Waals surface area contributed by atoms with Gasteiger partial charge in [-0.25, -0.2) is 8.42 Å². The van der Waals surface area contributed by atoms with Crippen molar-refractivity contribution in [1.82, 2.24) is 15.0 Å². The van der Waals surface area contributed by atoms with Gasteiger partial charge >= 0.3 is 11.8 Å². The molecule has 13 heteroatoms. The number of aromatic nitrogens is 2. The molecule has 32 heavy (non-hydrogen) atoms. The van der Waals surface area contributed by atoms with Gasteiger partial charge in [0.05, 0.1) is 24.9 Å². The zero-order chi connectivity index (χ0) is 22.9. The molecule has 10 nitrogen and oxygen atoms in total. The van der Waals surface area contributed by atoms with Crippen molar-refractivity contribution in [3.05, 3.63) is 34.5 Å². The van der Waals surface area contributed by atoms with E-state index in [1.165, 1.54) is 32.4 Å². The molecule has 3 heterocycles. The minimum absolute atomic E-state index is 0.0127. The van der Waals surface area contributed by atoms with E-state index >= 15 is 0 Å². The lowest BCUT2D eigenvalue weighted by atomic mass is 10.3. The lowest BCUT2D eigenvalue weighted by Gasteiger charge is -2.13. The van der Waals surface area contributed by atoms with Gasteiger partial charge in [-0.15, -0.1) is 11.3 Å². The Morgan fingerprint density at radius 3 is 2.59 bits per heavy atom. The van der Waals surface area contributed by atoms with E-state index in [4.69, 9.17) is 25.6 Å². The van der Waals surface area contributed by atoms with Gasteiger partial charge in [-0.05, 0) is 25.0 Å². The number of anilines is 1. The Hall–Kier alpha value is -2.83. The molecule has 1 aliphatic rings. The van der Waals surface area contributed by atoms with Crippen molar-refractivity contribution in [2.75, 3.05) is 32.0 Å². The maximum absolute atomic E-state index is 12.9. The first-order chi connectivity index (χ1) is 15.3. The molecule has 0 saturated carbocycles. The topological polar surface area (TPSA) is 124 Å². The number of sulfonamides is 1. The number of likely N-dealkylation sites (tertiary alicyclic amines) is 1. The molecule has 0 bridgehead atoms. The number of nitrogens with one attached hydrogen (secondary N) is 1. The molecule has 1 saturated heterocycles. The van der Waals surface area contributed by atoms with E-state index in [9.17, 15) is 13.2 Å². The van der Waals surface area contributed by atoms with Crippen LogP contribution in [0.2, 0.25) is 5.02 Å². The van der Waals surface area contributed by atoms with Crippen LogP contribution in [0.1, 0.15) is 23.5 Å². The highest BCUT2D eigenvalue weighted by Gasteiger charge is 2.26. The van der Waals surface area contributed by atoms with Crippen LogP contribution in [0, 0.1) is 0 Å². The van der Waals surface area contributed by atoms with Crippen LogP contribution in [0.5, 0.6) is 11.5 Å². The molecule has 0 aliphatic carbocycles. The van der Waals surface area contributed by atoms with Gasteiger partial charge in [0.2, 0.25) is 5.82 Å². The van der Waals surface area contributed by atoms with E-state index in [1.807, 2.05) is 0 Å². The zero-order valence-corrected chi connectivity index (χ0v) is 19.5. The molecule has 4 rings (SSSR count). The standard InChI is InChI=1S/C19H19ClN4O6S2/c1-28-14-9-15(29-2)13(8-12(14)20)23-32(26,27)16-7-11(10-31-16)17-21-18(30-22-17)19(25)24-5-3-4-6-24/h7-10,23H,3-6H2,1-2H3. The number of benzene rings is 1. The molecule has 0 unspecified atom stereocenters. The van der Waals surface area contributed by atoms with E-state index < -0.39 is 10.0 Å². The maximum atomic E-state index is 12.9. The normalized spacial score (nSPS) is 13.9. The second kappa shape index (κ2) is 8.96. The van der Waals surface area contributed by atoms with Gasteiger partial charge < -0.3 is 18.9 Å². The molecular formula is C19H19ClN4O6S2. The minimum atomic E-state index is -3.96. The smallest absolute Gasteiger partial charge is 0.316 e. The average molecular weight is 499 g/mol. The molecule has 2 aromatic heterocycles. The van der Waals surface area contributed by atoms with Crippen molar-refractivity contribution < 1.29 is 27.2 Å². The zero-order valence-electron chi connectivity index (χ0n) is 17.1. The number of rotatable bonds is 7. The molecule has 0 spiro atoms. The highest BCUT2D eigenvalue weighted by atomic mass is 35.5. The third-order valence-corrected chi connectivity index (χ3v) is 7.92. The van der Waals surface area contributed by atoms with E-state index in [2.05, 4.69) is 14.9 Å². The number of carbonyl (C=O) groups is 1. The number of hydrogen-bond donors (Lipinski definition) is 1. The Labute approximate surface area is 193 Å². The molecule has 1 amide bonds. The van der Waals surface area contributed by atoms with Gasteiger partial charge in [-0.3, -0.25) is 9.52 Å². The van der Waals surface area contributed by atoms with Gasteiger partial charge in [-0.1, -0.05) is 16.8 Å². The predicted molar refractivity (Wildman–Crippen MR) is 118 cm³/mol. The van der Waals surface area contributed by atoms with E-state index in [0.29, 0.717) is 24.4 Å². The largest absolute Gasteiger partial charge is 0.495 e. The molecule has 170 valence electrons. The number of nitrogens with zero attached hydrogens (tertiary/aromatic N) is 3. The molecule has 1 N–H and O–H groups in total. The van der Waals surface area contributed by atoms with Crippen LogP contribution in [0.3, 0.4) is 0 Å². The summed E-state index contributed by atoms with van der Waals surface area (Å²) >= 11 is 7.09. The quantitative estimate of drug-likeness (QED) is 0.524. The highest BCUT2D eigenvalue weighted by molar-refractivity contribution is 7.94. The number of hydrogen-bond acceptors (Lipinski definition) is 9. The Bertz CT molecular complexity index is 1250. The SMILES string of the molecule is COc1cc(OC)c(NS(=O)(=O)c2cc(-c3noc(C(=O)N4CCCC4)n3)cs2)cc1Cl. The Morgan fingerprint density at radius 1 is 1.19 bits per heavy atom. The van der Waals surface area contributed by atoms with Gasteiger partial charge in [0.1, 0.15) is 15.7 Å². The van der Waals surface area contributed by atoms with E-state index in [0.717, 1.165) is 24.2 Å². The molecule has 3 aromatic rings. The fraction of sp³-hybridized carbons (Fsp3) is 0.316. The number of thiophene rings is 1. The first-order valence-electron chi connectivity index (χ1n) is 9.48. The predicted octanol–water partition coefficient (Wildman–Crippen LogP) is 3.51. The Morgan fingerprint density at radius 2 is 1.91 bits per heavy atom. The second-order valence-electron chi connectivity index (χ2n) is 6.87. The van der Waals surface area contributed by atoms with Crippen LogP contribution >= 0.6 is 22.9 Å². The summed E-state index contributed by atoms with van der Waals surface area (Å²) in [5.74, 6) is 0.286. The molecule has 1 aromatic carbocycles. The summed E-state index contributed by atoms with van der Waals surface area (Å²) < 4.78 is 43.8. The van der Waals surface area contributed by atoms with Crippen LogP contribution in [0.15, 0.2) is 32.3 Å². The highest BCUT2D eigenvalue weighted by Crippen LogP contribution is 2.37. The molecule has 1 fully saturated rings. The van der Waals surface area contributed by atoms with Crippen LogP contribution < -0.4 is 14.2 Å². The van der Waals surface area contributed by atoms with Gasteiger partial charge in [0, 0.05) is 30.1 Å². The summed E-state index contributed by atoms with van der Waals surface area (Å²) in [4.78, 5) is 18.2. The van der Waals surface area contributed by atoms with Crippen LogP contribution in [-0.4, -0.2) is 56.7 Å². The van der Waals surface area contributed by atoms with E-state index in [1.54, 1.807) is 10.3 Å². The number of ether oxygens (including phenoxy) is 2. The fourth-order valence-electron chi connectivity index (χ4n) is 3.19. The van der Waals surface area contributed by atoms with Gasteiger partial charge in [0.25, 0.3) is 10.0 Å². The molecule has 0 radical (unpaired) electrons. The first-order valence-corrected chi connectivity index (χ1v) is 12.2. The maximum Gasteiger partial charge on any atom is 0.316 e. The van der Waals surface area contributed by atoms with Gasteiger partial charge in [-0.2, -0.15) is 4.98 Å². The fourth-order valence-corrected chi connectivity index (χ4v) is 5.65. The van der Waals surface area contributed by atoms with Gasteiger partial charge in [0.15, 0.2) is 0 Å². The Kier molecular flexibility index (Phi) is 6.26. The van der Waals surface area contributed by atoms with Crippen LogP contribution in [0.4, 0.5) is 5.69 Å². The monoisotopic (exact) mass is 498 g/mol. The first kappa shape index (κ1) is 22.4. The van der Waals surface area contributed by atoms with Crippen molar-refractivity contribution in [3.8, 4) is 22.9 Å². The third kappa shape index (κ3) is 4.38. The minimum Gasteiger partial charge on any atom is -0.495 e. The van der Waals surface area contributed by atoms with Crippen LogP contribution in [-0.2, 0) is 10.0 Å². The summed E-state index contributed by atoms with van der Waals surface area (Å²) in [6.45, 7) is 1.31. The lowest BCUT2D eigenvalue weighted by Crippen LogP contribution is -2.27. The van der Waals surface area contributed by atoms with Crippen molar-refractivity contribution >= 4 is 44.6 Å². The number of amides is 1. The van der Waals surface area contributed by atoms with Crippen LogP contribution in [0.25, 0.3) is 11.4 Å². The average Bonchev–Trinajstić information content (AvgIpc) is 3.54. The second-order valence-corrected chi connectivity index (χ2v) is 10.1. The number of halogens is 1. The number of methoxy groups -OCH3 is 2. The van der Waals surface area contributed by atoms with Crippen molar-refractivity contribution in [3.63, 3.8) is 0 Å². The molecular weight excluding hydrogens is 480 g/mol. The van der Waals surface area contributed by atoms with Crippen molar-refractivity contribution in [2.45, 2.75) is 17.1 Å². The number of carbonyl (C=O) groups excluding carboxylic acids is 1. The summed E-state index contributed by atoms with van der Waals surface area (Å²) in [5.41, 5.74) is 0.575. The summed E-state index contributed by atoms with van der Waals surface area (Å²) in [6, 6.07) is 4.29. The summed E-state index contributed by atoms with van der Waals surface area (Å²) in [5, 5.41) is 5.62. The molecule has 0 atom stereocenters. The summed E-state index contributed by atoms with van der Waals surface area (Å²) in [7, 11) is -1.12. The third-order valence-electron chi connectivity index (χ3n) is 4.82.